The summed E-state index contributed by atoms with van der Waals surface area (Å²) >= 11 is 0. The molecule has 1 heterocycles. The maximum atomic E-state index is 10.3. The van der Waals surface area contributed by atoms with E-state index in [0.717, 1.165) is 28.0 Å². The summed E-state index contributed by atoms with van der Waals surface area (Å²) in [7, 11) is 0. The number of aliphatic hydroxyl groups excluding tert-OH is 1. The van der Waals surface area contributed by atoms with Crippen LogP contribution in [0.4, 0.5) is 0 Å². The molecule has 1 aromatic heterocycles. The number of nitrogens with one attached hydrogen (secondary N) is 1. The summed E-state index contributed by atoms with van der Waals surface area (Å²) in [5, 5.41) is 10.3. The number of rotatable bonds is 2. The third-order valence-corrected chi connectivity index (χ3v) is 3.06. The Morgan fingerprint density at radius 1 is 1.06 bits per heavy atom. The average molecular weight is 238 g/mol. The van der Waals surface area contributed by atoms with Crippen LogP contribution < -0.4 is 0 Å². The molecule has 0 saturated heterocycles. The molecule has 0 aliphatic heterocycles. The van der Waals surface area contributed by atoms with Crippen LogP contribution in [0.2, 0.25) is 0 Å². The van der Waals surface area contributed by atoms with Crippen molar-refractivity contribution in [3.63, 3.8) is 0 Å². The van der Waals surface area contributed by atoms with Gasteiger partial charge in [-0.15, -0.1) is 0 Å². The minimum atomic E-state index is -0.598. The summed E-state index contributed by atoms with van der Waals surface area (Å²) in [6.07, 6.45) is -0.598. The van der Waals surface area contributed by atoms with Crippen molar-refractivity contribution in [3.05, 3.63) is 65.5 Å². The monoisotopic (exact) mass is 238 g/mol. The summed E-state index contributed by atoms with van der Waals surface area (Å²) in [4.78, 5) is 7.53. The summed E-state index contributed by atoms with van der Waals surface area (Å²) < 4.78 is 0. The highest BCUT2D eigenvalue weighted by atomic mass is 16.3. The number of aromatic amines is 1. The van der Waals surface area contributed by atoms with E-state index in [2.05, 4.69) is 9.97 Å². The summed E-state index contributed by atoms with van der Waals surface area (Å²) in [5.74, 6) is 0.886. The largest absolute Gasteiger partial charge is 0.384 e. The van der Waals surface area contributed by atoms with E-state index < -0.39 is 6.10 Å². The van der Waals surface area contributed by atoms with Gasteiger partial charge in [-0.05, 0) is 30.2 Å². The van der Waals surface area contributed by atoms with E-state index in [4.69, 9.17) is 0 Å². The van der Waals surface area contributed by atoms with Crippen LogP contribution in [0.1, 0.15) is 23.1 Å². The van der Waals surface area contributed by atoms with Crippen LogP contribution in [0.3, 0.4) is 0 Å². The van der Waals surface area contributed by atoms with E-state index in [-0.39, 0.29) is 0 Å². The zero-order valence-corrected chi connectivity index (χ0v) is 10.1. The zero-order chi connectivity index (χ0) is 12.5. The number of benzene rings is 2. The number of H-pyrrole nitrogens is 1. The first kappa shape index (κ1) is 11.0. The third kappa shape index (κ3) is 1.89. The van der Waals surface area contributed by atoms with E-state index in [1.807, 2.05) is 55.5 Å². The van der Waals surface area contributed by atoms with Gasteiger partial charge in [0.25, 0.3) is 0 Å². The molecule has 0 saturated carbocycles. The Balaban J connectivity index is 2.03. The molecule has 0 amide bonds. The topological polar surface area (TPSA) is 48.9 Å². The molecule has 1 unspecified atom stereocenters. The van der Waals surface area contributed by atoms with E-state index in [9.17, 15) is 5.11 Å². The molecular formula is C15H14N2O. The van der Waals surface area contributed by atoms with Gasteiger partial charge in [0.15, 0.2) is 0 Å². The second kappa shape index (κ2) is 4.27. The highest BCUT2D eigenvalue weighted by molar-refractivity contribution is 5.76. The molecule has 1 atom stereocenters. The first-order valence-electron chi connectivity index (χ1n) is 5.93. The van der Waals surface area contributed by atoms with Crippen LogP contribution >= 0.6 is 0 Å². The molecule has 0 aliphatic carbocycles. The number of aryl methyl sites for hydroxylation is 1. The van der Waals surface area contributed by atoms with Gasteiger partial charge in [-0.25, -0.2) is 4.98 Å². The minimum Gasteiger partial charge on any atom is -0.384 e. The Morgan fingerprint density at radius 2 is 1.83 bits per heavy atom. The van der Waals surface area contributed by atoms with E-state index >= 15 is 0 Å². The van der Waals surface area contributed by atoms with E-state index in [1.54, 1.807) is 0 Å². The van der Waals surface area contributed by atoms with Crippen molar-refractivity contribution in [2.24, 2.45) is 0 Å². The van der Waals surface area contributed by atoms with Crippen LogP contribution in [0.15, 0.2) is 48.5 Å². The highest BCUT2D eigenvalue weighted by Gasteiger charge is 2.11. The Labute approximate surface area is 105 Å². The van der Waals surface area contributed by atoms with Gasteiger partial charge in [0.2, 0.25) is 0 Å². The van der Waals surface area contributed by atoms with Gasteiger partial charge >= 0.3 is 0 Å². The standard InChI is InChI=1S/C15H14N2O/c1-10-16-13-8-7-12(9-14(13)17-10)15(18)11-5-3-2-4-6-11/h2-9,15,18H,1H3,(H,16,17). The van der Waals surface area contributed by atoms with Gasteiger partial charge in [-0.3, -0.25) is 0 Å². The Hall–Kier alpha value is -2.13. The van der Waals surface area contributed by atoms with Crippen molar-refractivity contribution >= 4 is 11.0 Å². The smallest absolute Gasteiger partial charge is 0.104 e. The van der Waals surface area contributed by atoms with Crippen LogP contribution in [-0.4, -0.2) is 15.1 Å². The zero-order valence-electron chi connectivity index (χ0n) is 10.1. The molecule has 0 radical (unpaired) electrons. The highest BCUT2D eigenvalue weighted by Crippen LogP contribution is 2.24. The first-order valence-corrected chi connectivity index (χ1v) is 5.93. The number of imidazole rings is 1. The van der Waals surface area contributed by atoms with Gasteiger partial charge in [-0.2, -0.15) is 0 Å². The Kier molecular flexibility index (Phi) is 2.61. The van der Waals surface area contributed by atoms with Gasteiger partial charge in [0.1, 0.15) is 11.9 Å². The van der Waals surface area contributed by atoms with E-state index in [1.165, 1.54) is 0 Å². The van der Waals surface area contributed by atoms with Crippen LogP contribution in [-0.2, 0) is 0 Å². The molecule has 2 N–H and O–H groups in total. The fourth-order valence-corrected chi connectivity index (χ4v) is 2.15. The fourth-order valence-electron chi connectivity index (χ4n) is 2.15. The van der Waals surface area contributed by atoms with E-state index in [0.29, 0.717) is 0 Å². The van der Waals surface area contributed by atoms with Crippen LogP contribution in [0, 0.1) is 6.92 Å². The predicted octanol–water partition coefficient (Wildman–Crippen LogP) is 2.95. The molecule has 3 nitrogen and oxygen atoms in total. The number of aromatic nitrogens is 2. The van der Waals surface area contributed by atoms with Crippen LogP contribution in [0.5, 0.6) is 0 Å². The predicted molar refractivity (Wildman–Crippen MR) is 71.3 cm³/mol. The van der Waals surface area contributed by atoms with Crippen LogP contribution in [0.25, 0.3) is 11.0 Å². The average Bonchev–Trinajstić information content (AvgIpc) is 2.78. The molecule has 2 aromatic carbocycles. The molecule has 18 heavy (non-hydrogen) atoms. The lowest BCUT2D eigenvalue weighted by atomic mass is 10.0. The van der Waals surface area contributed by atoms with Crippen molar-refractivity contribution < 1.29 is 5.11 Å². The van der Waals surface area contributed by atoms with Crippen molar-refractivity contribution in [1.82, 2.24) is 9.97 Å². The van der Waals surface area contributed by atoms with Gasteiger partial charge < -0.3 is 10.1 Å². The SMILES string of the molecule is Cc1nc2ccc(C(O)c3ccccc3)cc2[nH]1. The molecule has 0 fully saturated rings. The Morgan fingerprint density at radius 3 is 2.61 bits per heavy atom. The maximum Gasteiger partial charge on any atom is 0.104 e. The molecular weight excluding hydrogens is 224 g/mol. The van der Waals surface area contributed by atoms with Crippen molar-refractivity contribution in [3.8, 4) is 0 Å². The molecule has 0 bridgehead atoms. The number of hydrogen-bond donors (Lipinski definition) is 2. The van der Waals surface area contributed by atoms with Crippen molar-refractivity contribution in [1.29, 1.82) is 0 Å². The molecule has 90 valence electrons. The second-order valence-electron chi connectivity index (χ2n) is 4.41. The minimum absolute atomic E-state index is 0.598. The summed E-state index contributed by atoms with van der Waals surface area (Å²) in [6.45, 7) is 1.92. The van der Waals surface area contributed by atoms with Gasteiger partial charge in [0, 0.05) is 0 Å². The second-order valence-corrected chi connectivity index (χ2v) is 4.41. The number of fused-ring (bicyclic) bond motifs is 1. The molecule has 3 aromatic rings. The van der Waals surface area contributed by atoms with Crippen molar-refractivity contribution in [2.75, 3.05) is 0 Å². The van der Waals surface area contributed by atoms with Gasteiger partial charge in [0.05, 0.1) is 11.0 Å². The maximum absolute atomic E-state index is 10.3. The lowest BCUT2D eigenvalue weighted by molar-refractivity contribution is 0.220. The Bertz CT molecular complexity index is 673. The lowest BCUT2D eigenvalue weighted by Gasteiger charge is -2.11. The fraction of sp³-hybridized carbons (Fsp3) is 0.133. The molecule has 0 aliphatic rings. The normalized spacial score (nSPS) is 12.8. The molecule has 3 rings (SSSR count). The quantitative estimate of drug-likeness (QED) is 0.721. The number of nitrogens with zero attached hydrogens (tertiary/aromatic N) is 1. The summed E-state index contributed by atoms with van der Waals surface area (Å²) in [5.41, 5.74) is 3.65. The van der Waals surface area contributed by atoms with Gasteiger partial charge in [-0.1, -0.05) is 36.4 Å². The third-order valence-electron chi connectivity index (χ3n) is 3.06. The molecule has 3 heteroatoms. The number of aliphatic hydroxyl groups is 1. The van der Waals surface area contributed by atoms with Crippen molar-refractivity contribution in [2.45, 2.75) is 13.0 Å². The summed E-state index contributed by atoms with van der Waals surface area (Å²) in [6, 6.07) is 15.4. The number of hydrogen-bond acceptors (Lipinski definition) is 2. The molecule has 0 spiro atoms. The lowest BCUT2D eigenvalue weighted by Crippen LogP contribution is -1.98. The first-order chi connectivity index (χ1) is 8.74.